The topological polar surface area (TPSA) is 337 Å². The van der Waals surface area contributed by atoms with Crippen LogP contribution in [0.4, 0.5) is 56.9 Å². The van der Waals surface area contributed by atoms with Crippen LogP contribution in [0.2, 0.25) is 5.02 Å². The van der Waals surface area contributed by atoms with E-state index >= 15 is 0 Å². The number of methoxy groups -OCH3 is 1. The molecule has 29 heteroatoms. The van der Waals surface area contributed by atoms with Crippen molar-refractivity contribution in [1.29, 1.82) is 27.0 Å². The van der Waals surface area contributed by atoms with Gasteiger partial charge >= 0.3 is 0 Å². The number of thiophene rings is 5. The minimum absolute atomic E-state index is 0.0875. The standard InChI is InChI=1S/2C18H17N3OS2.C13H15N3OS2.C13H15N3S2.C12H12ClN3S2/c1-23-18-15(11-16(24-18)17(19)20)21-12-6-5-9-14(10-12)22-13-7-3-2-4-8-13;1-23-18-15(11-16(24-18)17(19)20)21-12-7-9-14(10-8-12)22-13-5-3-2-4-6-13;1-17-10-6-4-3-5-8(10)16-9-7-11(12(14)15)19-13(9)18-2;1-8-5-3-4-6-9(8)16-10-7-11(12(14)15)18-13(10)17-2;1-17-12-9(6-10(18-12)11(14)15)16-8-4-2-3-7(13)5-8/h2*2-11,21H,1H3,(H3,19,20);3-7,16H,1-2H3,(H3,14,15);3-7,16H,1-2H3,(H3,14,15);2-6,16H,1H3,(H3,14,15). The van der Waals surface area contributed by atoms with E-state index in [9.17, 15) is 0 Å². The lowest BCUT2D eigenvalue weighted by Crippen LogP contribution is -2.08. The summed E-state index contributed by atoms with van der Waals surface area (Å²) in [5, 5.41) is 55.1. The summed E-state index contributed by atoms with van der Waals surface area (Å²) in [5.74, 6) is 4.42. The van der Waals surface area contributed by atoms with E-state index in [0.29, 0.717) is 5.02 Å². The van der Waals surface area contributed by atoms with Crippen molar-refractivity contribution in [3.63, 3.8) is 0 Å². The number of rotatable bonds is 25. The maximum Gasteiger partial charge on any atom is 0.142 e. The third kappa shape index (κ3) is 23.9. The lowest BCUT2D eigenvalue weighted by molar-refractivity contribution is 0.417. The predicted octanol–water partition coefficient (Wildman–Crippen LogP) is 22.0. The van der Waals surface area contributed by atoms with Crippen molar-refractivity contribution < 1.29 is 14.2 Å². The average Bonchev–Trinajstić information content (AvgIpc) is 1.74. The molecule has 5 heterocycles. The first-order valence-corrected chi connectivity index (χ1v) is 41.3. The number of anilines is 10. The van der Waals surface area contributed by atoms with Gasteiger partial charge in [0.25, 0.3) is 0 Å². The summed E-state index contributed by atoms with van der Waals surface area (Å²) in [7, 11) is 1.64. The molecule has 0 fully saturated rings. The van der Waals surface area contributed by atoms with Gasteiger partial charge < -0.3 is 69.5 Å². The second-order valence-electron chi connectivity index (χ2n) is 21.2. The van der Waals surface area contributed by atoms with E-state index in [4.69, 9.17) is 81.5 Å². The lowest BCUT2D eigenvalue weighted by Gasteiger charge is -2.10. The first-order valence-electron chi connectivity index (χ1n) is 30.7. The molecular formula is C74H76ClN15O3S10. The number of nitrogens with two attached hydrogens (primary N) is 5. The van der Waals surface area contributed by atoms with E-state index in [1.165, 1.54) is 50.9 Å². The maximum absolute atomic E-state index is 7.59. The largest absolute Gasteiger partial charge is 0.495 e. The molecule has 0 aliphatic carbocycles. The summed E-state index contributed by atoms with van der Waals surface area (Å²) in [5.41, 5.74) is 38.6. The fourth-order valence-corrected chi connectivity index (χ4v) is 17.4. The Kier molecular flexibility index (Phi) is 30.9. The number of halogens is 1. The van der Waals surface area contributed by atoms with Crippen LogP contribution in [0, 0.1) is 34.0 Å². The number of ether oxygens (including phenoxy) is 3. The molecule has 12 aromatic rings. The highest BCUT2D eigenvalue weighted by Crippen LogP contribution is 2.42. The second kappa shape index (κ2) is 40.0. The number of aryl methyl sites for hydroxylation is 1. The van der Waals surface area contributed by atoms with Crippen molar-refractivity contribution in [3.8, 4) is 28.7 Å². The highest BCUT2D eigenvalue weighted by Gasteiger charge is 2.17. The third-order valence-electron chi connectivity index (χ3n) is 13.8. The summed E-state index contributed by atoms with van der Waals surface area (Å²) < 4.78 is 22.5. The number of amidine groups is 5. The van der Waals surface area contributed by atoms with Crippen molar-refractivity contribution in [3.05, 3.63) is 247 Å². The molecular weight excluding hydrogens is 1500 g/mol. The molecule has 0 saturated heterocycles. The van der Waals surface area contributed by atoms with Crippen molar-refractivity contribution in [2.45, 2.75) is 28.0 Å². The predicted molar refractivity (Wildman–Crippen MR) is 454 cm³/mol. The van der Waals surface area contributed by atoms with E-state index in [0.717, 1.165) is 131 Å². The van der Waals surface area contributed by atoms with E-state index in [1.54, 1.807) is 77.3 Å². The van der Waals surface area contributed by atoms with Gasteiger partial charge in [0.05, 0.1) is 86.7 Å². The van der Waals surface area contributed by atoms with Crippen LogP contribution in [0.25, 0.3) is 0 Å². The maximum atomic E-state index is 7.59. The Morgan fingerprint density at radius 3 is 1.04 bits per heavy atom. The number of nitrogen functional groups attached to an aromatic ring is 5. The Labute approximate surface area is 646 Å². The first-order chi connectivity index (χ1) is 49.7. The van der Waals surface area contributed by atoms with Crippen LogP contribution >= 0.6 is 127 Å². The van der Waals surface area contributed by atoms with E-state index in [2.05, 4.69) is 39.6 Å². The molecule has 0 amide bonds. The Bertz CT molecular complexity index is 4810. The zero-order chi connectivity index (χ0) is 74.0. The third-order valence-corrected chi connectivity index (χ3v) is 25.6. The van der Waals surface area contributed by atoms with Crippen molar-refractivity contribution in [2.24, 2.45) is 28.7 Å². The minimum Gasteiger partial charge on any atom is -0.495 e. The van der Waals surface area contributed by atoms with E-state index in [1.807, 2.05) is 238 Å². The van der Waals surface area contributed by atoms with Crippen LogP contribution in [0.15, 0.2) is 233 Å². The summed E-state index contributed by atoms with van der Waals surface area (Å²) in [6.07, 6.45) is 10.1. The zero-order valence-corrected chi connectivity index (χ0v) is 65.7. The highest BCUT2D eigenvalue weighted by molar-refractivity contribution is 8.01. The van der Waals surface area contributed by atoms with Gasteiger partial charge in [0.2, 0.25) is 0 Å². The van der Waals surface area contributed by atoms with E-state index < -0.39 is 0 Å². The van der Waals surface area contributed by atoms with Gasteiger partial charge in [0.15, 0.2) is 0 Å². The van der Waals surface area contributed by atoms with Crippen molar-refractivity contribution in [1.82, 2.24) is 0 Å². The molecule has 103 heavy (non-hydrogen) atoms. The molecule has 12 rings (SSSR count). The summed E-state index contributed by atoms with van der Waals surface area (Å²) in [4.78, 5) is 3.87. The van der Waals surface area contributed by atoms with Gasteiger partial charge in [0, 0.05) is 33.8 Å². The molecule has 20 N–H and O–H groups in total. The molecule has 0 aliphatic heterocycles. The monoisotopic (exact) mass is 1580 g/mol. The molecule has 5 aromatic heterocycles. The first kappa shape index (κ1) is 79.5. The van der Waals surface area contributed by atoms with Gasteiger partial charge in [-0.15, -0.1) is 115 Å². The van der Waals surface area contributed by atoms with Crippen LogP contribution in [-0.2, 0) is 0 Å². The van der Waals surface area contributed by atoms with Gasteiger partial charge in [-0.2, -0.15) is 0 Å². The lowest BCUT2D eigenvalue weighted by atomic mass is 10.2. The van der Waals surface area contributed by atoms with E-state index in [-0.39, 0.29) is 29.2 Å². The molecule has 0 spiro atoms. The molecule has 7 aromatic carbocycles. The van der Waals surface area contributed by atoms with Crippen LogP contribution in [0.5, 0.6) is 28.7 Å². The smallest absolute Gasteiger partial charge is 0.142 e. The molecule has 0 radical (unpaired) electrons. The number of hydrogen-bond acceptors (Lipinski definition) is 23. The number of hydrogen-bond donors (Lipinski definition) is 15. The normalized spacial score (nSPS) is 10.3. The van der Waals surface area contributed by atoms with Crippen molar-refractivity contribution >= 4 is 213 Å². The molecule has 0 bridgehead atoms. The average molecular weight is 1580 g/mol. The summed E-state index contributed by atoms with van der Waals surface area (Å²) in [6, 6.07) is 67.9. The van der Waals surface area contributed by atoms with Gasteiger partial charge in [-0.3, -0.25) is 27.0 Å². The zero-order valence-electron chi connectivity index (χ0n) is 56.8. The van der Waals surface area contributed by atoms with Crippen LogP contribution in [0.1, 0.15) is 29.9 Å². The molecule has 18 nitrogen and oxygen atoms in total. The highest BCUT2D eigenvalue weighted by atomic mass is 35.5. The summed E-state index contributed by atoms with van der Waals surface area (Å²) >= 11 is 21.7. The van der Waals surface area contributed by atoms with Gasteiger partial charge in [-0.05, 0) is 171 Å². The van der Waals surface area contributed by atoms with Gasteiger partial charge in [0.1, 0.15) is 57.9 Å². The van der Waals surface area contributed by atoms with Crippen LogP contribution in [-0.4, -0.2) is 67.6 Å². The molecule has 0 atom stereocenters. The Balaban J connectivity index is 0.000000164. The quantitative estimate of drug-likeness (QED) is 0.0144. The van der Waals surface area contributed by atoms with Gasteiger partial charge in [-0.25, -0.2) is 0 Å². The Morgan fingerprint density at radius 2 is 0.650 bits per heavy atom. The van der Waals surface area contributed by atoms with Gasteiger partial charge in [-0.1, -0.05) is 90.5 Å². The fraction of sp³-hybridized carbons (Fsp3) is 0.0946. The number of thioether (sulfide) groups is 5. The van der Waals surface area contributed by atoms with Crippen molar-refractivity contribution in [2.75, 3.05) is 65.0 Å². The van der Waals surface area contributed by atoms with Crippen LogP contribution in [0.3, 0.4) is 0 Å². The SMILES string of the molecule is COc1ccccc1Nc1cc(C(=N)N)sc1SC.CSc1sc(C(=N)N)cc1Nc1ccc(Oc2ccccc2)cc1.CSc1sc(C(=N)N)cc1Nc1cccc(Cl)c1.CSc1sc(C(=N)N)cc1Nc1cccc(Oc2ccccc2)c1.CSc1sc(C(=N)N)cc1Nc1ccccc1C. The number of nitrogens with one attached hydrogen (secondary N) is 10. The summed E-state index contributed by atoms with van der Waals surface area (Å²) in [6.45, 7) is 2.07. The second-order valence-corrected chi connectivity index (χ2v) is 32.3. The molecule has 0 saturated carbocycles. The Hall–Kier alpha value is -9.17. The number of benzene rings is 7. The minimum atomic E-state index is 0.0875. The number of para-hydroxylation sites is 5. The van der Waals surface area contributed by atoms with Crippen LogP contribution < -0.4 is 69.5 Å². The molecule has 0 unspecified atom stereocenters. The molecule has 0 aliphatic rings. The molecule has 532 valence electrons. The fourth-order valence-electron chi connectivity index (χ4n) is 9.01. The Morgan fingerprint density at radius 1 is 0.330 bits per heavy atom.